The molecule has 0 fully saturated rings. The van der Waals surface area contributed by atoms with Crippen molar-refractivity contribution in [2.75, 3.05) is 5.73 Å². The van der Waals surface area contributed by atoms with Gasteiger partial charge in [0.25, 0.3) is 0 Å². The lowest BCUT2D eigenvalue weighted by atomic mass is 9.90. The molecule has 0 aliphatic heterocycles. The van der Waals surface area contributed by atoms with Gasteiger partial charge in [-0.05, 0) is 30.4 Å². The van der Waals surface area contributed by atoms with E-state index in [0.29, 0.717) is 5.92 Å². The standard InChI is InChI=1S/C14H24N2/c1-3-5-6-7-8-12(4-2)13-9-10-16-11-14(13)15/h9-12H,3-8,15H2,1-2H3. The minimum absolute atomic E-state index is 0.611. The van der Waals surface area contributed by atoms with E-state index in [2.05, 4.69) is 24.9 Å². The maximum absolute atomic E-state index is 5.96. The number of hydrogen-bond acceptors (Lipinski definition) is 2. The lowest BCUT2D eigenvalue weighted by Crippen LogP contribution is -2.02. The molecule has 1 atom stereocenters. The third kappa shape index (κ3) is 3.84. The first-order valence-corrected chi connectivity index (χ1v) is 6.49. The molecule has 2 nitrogen and oxygen atoms in total. The molecule has 0 aliphatic carbocycles. The Balaban J connectivity index is 2.51. The van der Waals surface area contributed by atoms with Crippen LogP contribution in [0.1, 0.15) is 63.9 Å². The lowest BCUT2D eigenvalue weighted by molar-refractivity contribution is 0.543. The van der Waals surface area contributed by atoms with Gasteiger partial charge >= 0.3 is 0 Å². The van der Waals surface area contributed by atoms with Gasteiger partial charge in [-0.15, -0.1) is 0 Å². The molecule has 1 unspecified atom stereocenters. The first-order chi connectivity index (χ1) is 7.79. The highest BCUT2D eigenvalue weighted by atomic mass is 14.7. The van der Waals surface area contributed by atoms with Gasteiger partial charge in [0.15, 0.2) is 0 Å². The highest BCUT2D eigenvalue weighted by Gasteiger charge is 2.11. The van der Waals surface area contributed by atoms with Gasteiger partial charge < -0.3 is 5.73 Å². The van der Waals surface area contributed by atoms with E-state index in [4.69, 9.17) is 5.73 Å². The predicted octanol–water partition coefficient (Wildman–Crippen LogP) is 4.13. The Morgan fingerprint density at radius 3 is 2.69 bits per heavy atom. The van der Waals surface area contributed by atoms with E-state index in [9.17, 15) is 0 Å². The first-order valence-electron chi connectivity index (χ1n) is 6.49. The summed E-state index contributed by atoms with van der Waals surface area (Å²) >= 11 is 0. The molecule has 1 heterocycles. The van der Waals surface area contributed by atoms with E-state index >= 15 is 0 Å². The molecule has 1 aromatic rings. The van der Waals surface area contributed by atoms with Crippen molar-refractivity contribution in [2.24, 2.45) is 0 Å². The highest BCUT2D eigenvalue weighted by molar-refractivity contribution is 5.45. The highest BCUT2D eigenvalue weighted by Crippen LogP contribution is 2.29. The number of nitrogen functional groups attached to an aromatic ring is 1. The number of unbranched alkanes of at least 4 members (excludes halogenated alkanes) is 3. The molecular formula is C14H24N2. The Morgan fingerprint density at radius 2 is 2.06 bits per heavy atom. The zero-order valence-electron chi connectivity index (χ0n) is 10.6. The van der Waals surface area contributed by atoms with Crippen molar-refractivity contribution in [1.82, 2.24) is 4.98 Å². The van der Waals surface area contributed by atoms with E-state index in [-0.39, 0.29) is 0 Å². The second-order valence-electron chi connectivity index (χ2n) is 4.46. The van der Waals surface area contributed by atoms with Crippen LogP contribution in [0.25, 0.3) is 0 Å². The number of hydrogen-bond donors (Lipinski definition) is 1. The van der Waals surface area contributed by atoms with Gasteiger partial charge in [-0.3, -0.25) is 4.98 Å². The van der Waals surface area contributed by atoms with E-state index in [1.54, 1.807) is 6.20 Å². The van der Waals surface area contributed by atoms with Crippen LogP contribution in [0.3, 0.4) is 0 Å². The van der Waals surface area contributed by atoms with Gasteiger partial charge in [0.1, 0.15) is 0 Å². The van der Waals surface area contributed by atoms with Crippen LogP contribution in [0.5, 0.6) is 0 Å². The lowest BCUT2D eigenvalue weighted by Gasteiger charge is -2.16. The molecule has 0 spiro atoms. The number of aromatic nitrogens is 1. The second kappa shape index (κ2) is 7.26. The molecular weight excluding hydrogens is 196 g/mol. The second-order valence-corrected chi connectivity index (χ2v) is 4.46. The van der Waals surface area contributed by atoms with Crippen molar-refractivity contribution in [1.29, 1.82) is 0 Å². The van der Waals surface area contributed by atoms with Crippen LogP contribution in [-0.4, -0.2) is 4.98 Å². The van der Waals surface area contributed by atoms with Crippen LogP contribution in [0, 0.1) is 0 Å². The van der Waals surface area contributed by atoms with E-state index < -0.39 is 0 Å². The Bertz CT molecular complexity index is 297. The maximum Gasteiger partial charge on any atom is 0.0535 e. The zero-order chi connectivity index (χ0) is 11.8. The Kier molecular flexibility index (Phi) is 5.91. The van der Waals surface area contributed by atoms with Crippen molar-refractivity contribution in [3.63, 3.8) is 0 Å². The molecule has 0 saturated heterocycles. The summed E-state index contributed by atoms with van der Waals surface area (Å²) in [6.45, 7) is 4.49. The Labute approximate surface area is 99.3 Å². The molecule has 0 amide bonds. The Morgan fingerprint density at radius 1 is 1.25 bits per heavy atom. The normalized spacial score (nSPS) is 12.6. The topological polar surface area (TPSA) is 38.9 Å². The van der Waals surface area contributed by atoms with Gasteiger partial charge in [-0.2, -0.15) is 0 Å². The van der Waals surface area contributed by atoms with Crippen molar-refractivity contribution in [3.05, 3.63) is 24.0 Å². The van der Waals surface area contributed by atoms with Crippen LogP contribution in [0.15, 0.2) is 18.5 Å². The van der Waals surface area contributed by atoms with E-state index in [0.717, 1.165) is 5.69 Å². The van der Waals surface area contributed by atoms with Crippen molar-refractivity contribution >= 4 is 5.69 Å². The summed E-state index contributed by atoms with van der Waals surface area (Å²) in [6.07, 6.45) is 11.3. The minimum Gasteiger partial charge on any atom is -0.397 e. The van der Waals surface area contributed by atoms with Gasteiger partial charge in [-0.25, -0.2) is 0 Å². The van der Waals surface area contributed by atoms with Crippen molar-refractivity contribution in [3.8, 4) is 0 Å². The van der Waals surface area contributed by atoms with Crippen LogP contribution in [-0.2, 0) is 0 Å². The van der Waals surface area contributed by atoms with E-state index in [1.807, 2.05) is 6.20 Å². The summed E-state index contributed by atoms with van der Waals surface area (Å²) in [5.74, 6) is 0.611. The molecule has 90 valence electrons. The smallest absolute Gasteiger partial charge is 0.0535 e. The third-order valence-corrected chi connectivity index (χ3v) is 3.23. The minimum atomic E-state index is 0.611. The summed E-state index contributed by atoms with van der Waals surface area (Å²) in [4.78, 5) is 4.05. The quantitative estimate of drug-likeness (QED) is 0.702. The molecule has 0 radical (unpaired) electrons. The summed E-state index contributed by atoms with van der Waals surface area (Å²) in [5, 5.41) is 0. The fourth-order valence-corrected chi connectivity index (χ4v) is 2.19. The molecule has 2 heteroatoms. The Hall–Kier alpha value is -1.05. The maximum atomic E-state index is 5.96. The number of anilines is 1. The number of nitrogens with two attached hydrogens (primary N) is 1. The zero-order valence-corrected chi connectivity index (χ0v) is 10.6. The van der Waals surface area contributed by atoms with Gasteiger partial charge in [0.05, 0.1) is 11.9 Å². The van der Waals surface area contributed by atoms with Gasteiger partial charge in [0.2, 0.25) is 0 Å². The van der Waals surface area contributed by atoms with Crippen molar-refractivity contribution in [2.45, 2.75) is 58.3 Å². The summed E-state index contributed by atoms with van der Waals surface area (Å²) < 4.78 is 0. The summed E-state index contributed by atoms with van der Waals surface area (Å²) in [6, 6.07) is 2.07. The van der Waals surface area contributed by atoms with Gasteiger partial charge in [-0.1, -0.05) is 39.5 Å². The SMILES string of the molecule is CCCCCCC(CC)c1ccncc1N. The summed E-state index contributed by atoms with van der Waals surface area (Å²) in [5.41, 5.74) is 8.10. The monoisotopic (exact) mass is 220 g/mol. The third-order valence-electron chi connectivity index (χ3n) is 3.23. The predicted molar refractivity (Wildman–Crippen MR) is 70.4 cm³/mol. The number of rotatable bonds is 7. The fraction of sp³-hybridized carbons (Fsp3) is 0.643. The first kappa shape index (κ1) is 13.0. The number of nitrogens with zero attached hydrogens (tertiary/aromatic N) is 1. The molecule has 1 aromatic heterocycles. The van der Waals surface area contributed by atoms with Crippen molar-refractivity contribution < 1.29 is 0 Å². The van der Waals surface area contributed by atoms with Crippen LogP contribution in [0.2, 0.25) is 0 Å². The van der Waals surface area contributed by atoms with Gasteiger partial charge in [0, 0.05) is 6.20 Å². The molecule has 2 N–H and O–H groups in total. The average Bonchev–Trinajstić information content (AvgIpc) is 2.31. The molecule has 16 heavy (non-hydrogen) atoms. The molecule has 0 aliphatic rings. The molecule has 0 bridgehead atoms. The fourth-order valence-electron chi connectivity index (χ4n) is 2.19. The average molecular weight is 220 g/mol. The molecule has 1 rings (SSSR count). The molecule has 0 saturated carbocycles. The van der Waals surface area contributed by atoms with Crippen LogP contribution in [0.4, 0.5) is 5.69 Å². The van der Waals surface area contributed by atoms with Crippen LogP contribution >= 0.6 is 0 Å². The van der Waals surface area contributed by atoms with Crippen LogP contribution < -0.4 is 5.73 Å². The summed E-state index contributed by atoms with van der Waals surface area (Å²) in [7, 11) is 0. The molecule has 0 aromatic carbocycles. The van der Waals surface area contributed by atoms with E-state index in [1.165, 1.54) is 44.1 Å². The largest absolute Gasteiger partial charge is 0.397 e. The number of pyridine rings is 1.